The van der Waals surface area contributed by atoms with Crippen LogP contribution in [0.5, 0.6) is 0 Å². The van der Waals surface area contributed by atoms with Crippen molar-refractivity contribution in [3.8, 4) is 0 Å². The molecule has 0 spiro atoms. The van der Waals surface area contributed by atoms with Crippen molar-refractivity contribution in [1.29, 1.82) is 0 Å². The number of hydrogen-bond acceptors (Lipinski definition) is 2. The molecule has 0 bridgehead atoms. The molecule has 156 valence electrons. The van der Waals surface area contributed by atoms with Gasteiger partial charge in [-0.2, -0.15) is 0 Å². The van der Waals surface area contributed by atoms with E-state index in [1.807, 2.05) is 3.58 Å². The summed E-state index contributed by atoms with van der Waals surface area (Å²) in [6.07, 6.45) is 8.32. The Morgan fingerprint density at radius 2 is 1.04 bits per heavy atom. The molecule has 2 nitrogen and oxygen atoms in total. The summed E-state index contributed by atoms with van der Waals surface area (Å²) in [6.45, 7) is 9.33. The molecule has 1 aromatic carbocycles. The van der Waals surface area contributed by atoms with E-state index < -0.39 is 18.4 Å². The van der Waals surface area contributed by atoms with Crippen molar-refractivity contribution in [3.63, 3.8) is 0 Å². The SMILES string of the molecule is CCC[CH2][Sn]([CH2]CCC)([CH2]CCC)[c]1c(CN(C)C)cccc1CN(C)C. The van der Waals surface area contributed by atoms with Gasteiger partial charge in [0.05, 0.1) is 0 Å². The molecule has 27 heavy (non-hydrogen) atoms. The maximum absolute atomic E-state index is 2.46. The quantitative estimate of drug-likeness (QED) is 0.307. The summed E-state index contributed by atoms with van der Waals surface area (Å²) in [7, 11) is 8.90. The van der Waals surface area contributed by atoms with Crippen LogP contribution >= 0.6 is 0 Å². The van der Waals surface area contributed by atoms with Gasteiger partial charge in [0.2, 0.25) is 0 Å². The van der Waals surface area contributed by atoms with Crippen LogP contribution < -0.4 is 3.58 Å². The van der Waals surface area contributed by atoms with Gasteiger partial charge < -0.3 is 0 Å². The third kappa shape index (κ3) is 8.06. The van der Waals surface area contributed by atoms with Crippen LogP contribution in [0.1, 0.15) is 70.4 Å². The molecular formula is C24H46N2Sn. The van der Waals surface area contributed by atoms with Crippen LogP contribution in [-0.4, -0.2) is 56.4 Å². The van der Waals surface area contributed by atoms with Crippen molar-refractivity contribution in [2.75, 3.05) is 28.2 Å². The third-order valence-corrected chi connectivity index (χ3v) is 21.8. The van der Waals surface area contributed by atoms with Crippen molar-refractivity contribution in [2.24, 2.45) is 0 Å². The van der Waals surface area contributed by atoms with Crippen LogP contribution in [0.25, 0.3) is 0 Å². The van der Waals surface area contributed by atoms with Gasteiger partial charge in [0.25, 0.3) is 0 Å². The van der Waals surface area contributed by atoms with Gasteiger partial charge in [0.1, 0.15) is 0 Å². The van der Waals surface area contributed by atoms with E-state index in [2.05, 4.69) is 77.0 Å². The third-order valence-electron chi connectivity index (χ3n) is 5.77. The minimum atomic E-state index is -2.46. The Bertz CT molecular complexity index is 475. The first-order valence-electron chi connectivity index (χ1n) is 11.3. The van der Waals surface area contributed by atoms with Gasteiger partial charge >= 0.3 is 175 Å². The summed E-state index contributed by atoms with van der Waals surface area (Å²) in [5.41, 5.74) is 3.30. The summed E-state index contributed by atoms with van der Waals surface area (Å²) < 4.78 is 6.56. The van der Waals surface area contributed by atoms with Gasteiger partial charge in [-0.1, -0.05) is 0 Å². The number of unbranched alkanes of at least 4 members (excludes halogenated alkanes) is 3. The van der Waals surface area contributed by atoms with Gasteiger partial charge in [-0.15, -0.1) is 0 Å². The molecule has 3 heteroatoms. The molecule has 0 aliphatic carbocycles. The number of rotatable bonds is 14. The fraction of sp³-hybridized carbons (Fsp3) is 0.750. The van der Waals surface area contributed by atoms with E-state index in [9.17, 15) is 0 Å². The average molecular weight is 481 g/mol. The van der Waals surface area contributed by atoms with E-state index in [-0.39, 0.29) is 0 Å². The Kier molecular flexibility index (Phi) is 12.2. The molecule has 0 saturated heterocycles. The van der Waals surface area contributed by atoms with Crippen LogP contribution in [0.3, 0.4) is 0 Å². The summed E-state index contributed by atoms with van der Waals surface area (Å²) in [6, 6.07) is 7.21. The first kappa shape index (κ1) is 25.0. The second kappa shape index (κ2) is 13.2. The zero-order valence-electron chi connectivity index (χ0n) is 19.4. The topological polar surface area (TPSA) is 6.48 Å². The summed E-state index contributed by atoms with van der Waals surface area (Å²) >= 11 is -2.46. The molecule has 0 aliphatic rings. The predicted octanol–water partition coefficient (Wildman–Crippen LogP) is 5.87. The molecule has 1 rings (SSSR count). The van der Waals surface area contributed by atoms with E-state index in [1.165, 1.54) is 38.5 Å². The number of benzene rings is 1. The second-order valence-corrected chi connectivity index (χ2v) is 22.0. The second-order valence-electron chi connectivity index (χ2n) is 9.02. The van der Waals surface area contributed by atoms with Gasteiger partial charge in [-0.25, -0.2) is 0 Å². The molecule has 0 atom stereocenters. The van der Waals surface area contributed by atoms with Crippen molar-refractivity contribution in [1.82, 2.24) is 9.80 Å². The van der Waals surface area contributed by atoms with Crippen molar-refractivity contribution < 1.29 is 0 Å². The summed E-state index contributed by atoms with van der Waals surface area (Å²) in [4.78, 5) is 4.74. The zero-order chi connectivity index (χ0) is 20.3. The Hall–Kier alpha value is -0.0613. The standard InChI is InChI=1S/C12H19N2.3C4H9.Sn/c1-13(2)9-11-6-5-7-12(8-11)10-14(3)4;3*1-3-4-2;/h5-7H,9-10H2,1-4H3;3*1,3-4H2,2H3;. The fourth-order valence-corrected chi connectivity index (χ4v) is 22.5. The van der Waals surface area contributed by atoms with Crippen LogP contribution in [0.4, 0.5) is 0 Å². The van der Waals surface area contributed by atoms with E-state index >= 15 is 0 Å². The van der Waals surface area contributed by atoms with Crippen molar-refractivity contribution in [2.45, 2.75) is 85.7 Å². The Morgan fingerprint density at radius 3 is 1.33 bits per heavy atom. The molecule has 0 radical (unpaired) electrons. The predicted molar refractivity (Wildman–Crippen MR) is 126 cm³/mol. The van der Waals surface area contributed by atoms with E-state index in [0.29, 0.717) is 0 Å². The summed E-state index contributed by atoms with van der Waals surface area (Å²) in [5, 5.41) is 0. The first-order valence-corrected chi connectivity index (χ1v) is 18.8. The Balaban J connectivity index is 3.56. The normalized spacial score (nSPS) is 12.3. The molecule has 0 saturated carbocycles. The molecule has 0 N–H and O–H groups in total. The van der Waals surface area contributed by atoms with Gasteiger partial charge in [0, 0.05) is 0 Å². The van der Waals surface area contributed by atoms with Crippen molar-refractivity contribution >= 4 is 22.0 Å². The number of hydrogen-bond donors (Lipinski definition) is 0. The van der Waals surface area contributed by atoms with Gasteiger partial charge in [-0.05, 0) is 0 Å². The molecular weight excluding hydrogens is 435 g/mol. The molecule has 0 heterocycles. The number of nitrogens with zero attached hydrogens (tertiary/aromatic N) is 2. The Labute approximate surface area is 174 Å². The average Bonchev–Trinajstić information content (AvgIpc) is 2.61. The van der Waals surface area contributed by atoms with Gasteiger partial charge in [-0.3, -0.25) is 0 Å². The first-order chi connectivity index (χ1) is 12.9. The van der Waals surface area contributed by atoms with Crippen LogP contribution in [0.15, 0.2) is 18.2 Å². The monoisotopic (exact) mass is 482 g/mol. The summed E-state index contributed by atoms with van der Waals surface area (Å²) in [5.74, 6) is 0. The van der Waals surface area contributed by atoms with E-state index in [4.69, 9.17) is 0 Å². The van der Waals surface area contributed by atoms with Crippen LogP contribution in [0, 0.1) is 0 Å². The van der Waals surface area contributed by atoms with E-state index in [0.717, 1.165) is 13.1 Å². The maximum atomic E-state index is 2.45. The van der Waals surface area contributed by atoms with Crippen molar-refractivity contribution in [3.05, 3.63) is 29.3 Å². The van der Waals surface area contributed by atoms with Crippen LogP contribution in [-0.2, 0) is 13.1 Å². The molecule has 1 aromatic rings. The molecule has 0 fully saturated rings. The molecule has 0 unspecified atom stereocenters. The van der Waals surface area contributed by atoms with Gasteiger partial charge in [0.15, 0.2) is 0 Å². The molecule has 0 amide bonds. The Morgan fingerprint density at radius 1 is 0.667 bits per heavy atom. The molecule has 0 aromatic heterocycles. The van der Waals surface area contributed by atoms with E-state index in [1.54, 1.807) is 24.4 Å². The molecule has 0 aliphatic heterocycles. The van der Waals surface area contributed by atoms with Crippen LogP contribution in [0.2, 0.25) is 13.3 Å². The zero-order valence-corrected chi connectivity index (χ0v) is 22.3. The minimum absolute atomic E-state index is 1.10. The fourth-order valence-electron chi connectivity index (χ4n) is 4.57.